The first-order valence-electron chi connectivity index (χ1n) is 6.72. The predicted molar refractivity (Wildman–Crippen MR) is 81.4 cm³/mol. The third-order valence-electron chi connectivity index (χ3n) is 3.24. The largest absolute Gasteiger partial charge is 0.491 e. The van der Waals surface area contributed by atoms with Crippen LogP contribution in [-0.2, 0) is 0 Å². The standard InChI is InChI=1S/C18H20O/c1-4-14(2)19-18-12-10-17(11-13-18)15(3)16-8-6-5-7-9-16/h5-14H,3-4H2,1-2H3. The second-order valence-corrected chi connectivity index (χ2v) is 4.71. The van der Waals surface area contributed by atoms with Gasteiger partial charge in [0, 0.05) is 0 Å². The molecule has 2 aromatic carbocycles. The molecule has 0 aliphatic heterocycles. The maximum absolute atomic E-state index is 5.77. The highest BCUT2D eigenvalue weighted by Gasteiger charge is 2.04. The molecule has 0 saturated carbocycles. The molecule has 0 amide bonds. The lowest BCUT2D eigenvalue weighted by molar-refractivity contribution is 0.217. The quantitative estimate of drug-likeness (QED) is 0.733. The third kappa shape index (κ3) is 3.47. The van der Waals surface area contributed by atoms with Crippen LogP contribution >= 0.6 is 0 Å². The first-order chi connectivity index (χ1) is 9.20. The van der Waals surface area contributed by atoms with Crippen molar-refractivity contribution in [1.82, 2.24) is 0 Å². The lowest BCUT2D eigenvalue weighted by Gasteiger charge is -2.13. The molecule has 0 aromatic heterocycles. The molecule has 0 aliphatic carbocycles. The fourth-order valence-electron chi connectivity index (χ4n) is 1.86. The van der Waals surface area contributed by atoms with E-state index in [-0.39, 0.29) is 6.10 Å². The second-order valence-electron chi connectivity index (χ2n) is 4.71. The summed E-state index contributed by atoms with van der Waals surface area (Å²) in [6.07, 6.45) is 1.27. The van der Waals surface area contributed by atoms with Gasteiger partial charge in [-0.15, -0.1) is 0 Å². The molecule has 0 aliphatic rings. The Morgan fingerprint density at radius 3 is 2.16 bits per heavy atom. The Kier molecular flexibility index (Phi) is 4.40. The highest BCUT2D eigenvalue weighted by atomic mass is 16.5. The lowest BCUT2D eigenvalue weighted by atomic mass is 10.00. The Hall–Kier alpha value is -2.02. The zero-order chi connectivity index (χ0) is 13.7. The van der Waals surface area contributed by atoms with Crippen molar-refractivity contribution in [3.8, 4) is 5.75 Å². The van der Waals surface area contributed by atoms with E-state index >= 15 is 0 Å². The monoisotopic (exact) mass is 252 g/mol. The molecule has 0 saturated heterocycles. The minimum Gasteiger partial charge on any atom is -0.491 e. The predicted octanol–water partition coefficient (Wildman–Crippen LogP) is 4.93. The molecule has 0 fully saturated rings. The number of ether oxygens (including phenoxy) is 1. The Morgan fingerprint density at radius 1 is 1.00 bits per heavy atom. The van der Waals surface area contributed by atoms with E-state index in [0.717, 1.165) is 28.9 Å². The van der Waals surface area contributed by atoms with E-state index in [4.69, 9.17) is 4.74 Å². The van der Waals surface area contributed by atoms with E-state index in [1.54, 1.807) is 0 Å². The average Bonchev–Trinajstić information content (AvgIpc) is 2.48. The number of rotatable bonds is 5. The van der Waals surface area contributed by atoms with Gasteiger partial charge in [0.15, 0.2) is 0 Å². The van der Waals surface area contributed by atoms with Crippen LogP contribution in [0.15, 0.2) is 61.2 Å². The molecular weight excluding hydrogens is 232 g/mol. The normalized spacial score (nSPS) is 11.9. The summed E-state index contributed by atoms with van der Waals surface area (Å²) in [5.41, 5.74) is 3.32. The van der Waals surface area contributed by atoms with E-state index in [1.807, 2.05) is 30.3 Å². The van der Waals surface area contributed by atoms with Crippen molar-refractivity contribution in [2.24, 2.45) is 0 Å². The highest BCUT2D eigenvalue weighted by molar-refractivity contribution is 5.78. The van der Waals surface area contributed by atoms with Gasteiger partial charge in [0.2, 0.25) is 0 Å². The van der Waals surface area contributed by atoms with Crippen molar-refractivity contribution in [1.29, 1.82) is 0 Å². The van der Waals surface area contributed by atoms with Gasteiger partial charge in [-0.1, -0.05) is 56.0 Å². The summed E-state index contributed by atoms with van der Waals surface area (Å²) in [6, 6.07) is 18.4. The van der Waals surface area contributed by atoms with Gasteiger partial charge in [-0.2, -0.15) is 0 Å². The van der Waals surface area contributed by atoms with Crippen LogP contribution in [0.3, 0.4) is 0 Å². The SMILES string of the molecule is C=C(c1ccccc1)c1ccc(OC(C)CC)cc1. The van der Waals surface area contributed by atoms with Crippen molar-refractivity contribution in [2.45, 2.75) is 26.4 Å². The maximum atomic E-state index is 5.77. The Balaban J connectivity index is 2.12. The first kappa shape index (κ1) is 13.4. The molecule has 1 heteroatoms. The first-order valence-corrected chi connectivity index (χ1v) is 6.72. The summed E-state index contributed by atoms with van der Waals surface area (Å²) < 4.78 is 5.77. The van der Waals surface area contributed by atoms with Gasteiger partial charge in [0.25, 0.3) is 0 Å². The van der Waals surface area contributed by atoms with E-state index in [2.05, 4.69) is 44.7 Å². The third-order valence-corrected chi connectivity index (χ3v) is 3.24. The average molecular weight is 252 g/mol. The molecule has 0 radical (unpaired) electrons. The van der Waals surface area contributed by atoms with Crippen molar-refractivity contribution in [2.75, 3.05) is 0 Å². The van der Waals surface area contributed by atoms with Gasteiger partial charge in [-0.3, -0.25) is 0 Å². The van der Waals surface area contributed by atoms with Gasteiger partial charge in [0.1, 0.15) is 5.75 Å². The van der Waals surface area contributed by atoms with Crippen molar-refractivity contribution in [3.05, 3.63) is 72.3 Å². The molecule has 0 spiro atoms. The highest BCUT2D eigenvalue weighted by Crippen LogP contribution is 2.24. The van der Waals surface area contributed by atoms with Crippen molar-refractivity contribution < 1.29 is 4.74 Å². The zero-order valence-corrected chi connectivity index (χ0v) is 11.6. The van der Waals surface area contributed by atoms with Crippen LogP contribution in [0.5, 0.6) is 5.75 Å². The lowest BCUT2D eigenvalue weighted by Crippen LogP contribution is -2.09. The van der Waals surface area contributed by atoms with Gasteiger partial charge in [-0.05, 0) is 42.2 Å². The number of hydrogen-bond donors (Lipinski definition) is 0. The number of hydrogen-bond acceptors (Lipinski definition) is 1. The summed E-state index contributed by atoms with van der Waals surface area (Å²) in [4.78, 5) is 0. The summed E-state index contributed by atoms with van der Waals surface area (Å²) in [5.74, 6) is 0.916. The molecule has 1 nitrogen and oxygen atoms in total. The molecule has 2 aromatic rings. The van der Waals surface area contributed by atoms with E-state index < -0.39 is 0 Å². The van der Waals surface area contributed by atoms with Gasteiger partial charge in [0.05, 0.1) is 6.10 Å². The Morgan fingerprint density at radius 2 is 1.58 bits per heavy atom. The second kappa shape index (κ2) is 6.24. The maximum Gasteiger partial charge on any atom is 0.119 e. The fraction of sp³-hybridized carbons (Fsp3) is 0.222. The van der Waals surface area contributed by atoms with Crippen LogP contribution in [0, 0.1) is 0 Å². The summed E-state index contributed by atoms with van der Waals surface area (Å²) in [7, 11) is 0. The minimum atomic E-state index is 0.253. The van der Waals surface area contributed by atoms with Gasteiger partial charge < -0.3 is 4.74 Å². The van der Waals surface area contributed by atoms with Crippen LogP contribution in [-0.4, -0.2) is 6.10 Å². The van der Waals surface area contributed by atoms with E-state index in [0.29, 0.717) is 0 Å². The number of benzene rings is 2. The smallest absolute Gasteiger partial charge is 0.119 e. The van der Waals surface area contributed by atoms with E-state index in [1.165, 1.54) is 0 Å². The van der Waals surface area contributed by atoms with Crippen LogP contribution in [0.2, 0.25) is 0 Å². The van der Waals surface area contributed by atoms with Crippen LogP contribution < -0.4 is 4.74 Å². The summed E-state index contributed by atoms with van der Waals surface area (Å²) >= 11 is 0. The summed E-state index contributed by atoms with van der Waals surface area (Å²) in [5, 5.41) is 0. The summed E-state index contributed by atoms with van der Waals surface area (Å²) in [6.45, 7) is 8.36. The Labute approximate surface area is 115 Å². The Bertz CT molecular complexity index is 525. The molecule has 0 heterocycles. The van der Waals surface area contributed by atoms with Crippen LogP contribution in [0.4, 0.5) is 0 Å². The fourth-order valence-corrected chi connectivity index (χ4v) is 1.86. The van der Waals surface area contributed by atoms with Crippen LogP contribution in [0.25, 0.3) is 5.57 Å². The van der Waals surface area contributed by atoms with Crippen molar-refractivity contribution in [3.63, 3.8) is 0 Å². The molecule has 0 bridgehead atoms. The molecule has 19 heavy (non-hydrogen) atoms. The molecule has 1 unspecified atom stereocenters. The molecule has 1 atom stereocenters. The van der Waals surface area contributed by atoms with Crippen molar-refractivity contribution >= 4 is 5.57 Å². The molecule has 0 N–H and O–H groups in total. The molecular formula is C18H20O. The minimum absolute atomic E-state index is 0.253. The molecule has 98 valence electrons. The molecule has 2 rings (SSSR count). The van der Waals surface area contributed by atoms with Gasteiger partial charge in [-0.25, -0.2) is 0 Å². The van der Waals surface area contributed by atoms with Crippen LogP contribution in [0.1, 0.15) is 31.4 Å². The van der Waals surface area contributed by atoms with Gasteiger partial charge >= 0.3 is 0 Å². The topological polar surface area (TPSA) is 9.23 Å². The van der Waals surface area contributed by atoms with E-state index in [9.17, 15) is 0 Å². The zero-order valence-electron chi connectivity index (χ0n) is 11.6.